The third-order valence-electron chi connectivity index (χ3n) is 4.82. The van der Waals surface area contributed by atoms with Crippen LogP contribution in [0.5, 0.6) is 0 Å². The molecule has 0 spiro atoms. The average Bonchev–Trinajstić information content (AvgIpc) is 3.19. The number of nitrogens with one attached hydrogen (secondary N) is 1. The minimum absolute atomic E-state index is 0.0514. The predicted octanol–water partition coefficient (Wildman–Crippen LogP) is 2.66. The molecule has 1 saturated heterocycles. The van der Waals surface area contributed by atoms with E-state index in [2.05, 4.69) is 5.32 Å². The van der Waals surface area contributed by atoms with Crippen LogP contribution in [0, 0.1) is 23.0 Å². The van der Waals surface area contributed by atoms with Crippen molar-refractivity contribution in [2.45, 2.75) is 26.3 Å². The molecule has 142 valence electrons. The standard InChI is InChI=1S/C19H21N3O5/c1-13-4-5-15(11-17(13)22(25)26)19(24)21-8-6-14(7-9-21)18(23)20-12-16-3-2-10-27-16/h2-5,10-11,14H,6-9,12H2,1H3,(H,20,23). The Balaban J connectivity index is 1.55. The number of piperidine rings is 1. The highest BCUT2D eigenvalue weighted by atomic mass is 16.6. The van der Waals surface area contributed by atoms with Gasteiger partial charge in [0, 0.05) is 36.2 Å². The van der Waals surface area contributed by atoms with E-state index in [9.17, 15) is 19.7 Å². The Morgan fingerprint density at radius 2 is 2.04 bits per heavy atom. The highest BCUT2D eigenvalue weighted by Gasteiger charge is 2.28. The maximum absolute atomic E-state index is 12.6. The van der Waals surface area contributed by atoms with Gasteiger partial charge in [-0.1, -0.05) is 6.07 Å². The number of hydrogen-bond donors (Lipinski definition) is 1. The minimum Gasteiger partial charge on any atom is -0.467 e. The number of nitro benzene ring substituents is 1. The van der Waals surface area contributed by atoms with E-state index in [1.165, 1.54) is 6.07 Å². The summed E-state index contributed by atoms with van der Waals surface area (Å²) in [6.07, 6.45) is 2.67. The molecule has 0 bridgehead atoms. The van der Waals surface area contributed by atoms with Gasteiger partial charge < -0.3 is 14.6 Å². The van der Waals surface area contributed by atoms with Gasteiger partial charge in [-0.05, 0) is 38.0 Å². The number of rotatable bonds is 5. The second-order valence-corrected chi connectivity index (χ2v) is 6.62. The Kier molecular flexibility index (Phi) is 5.54. The number of hydrogen-bond acceptors (Lipinski definition) is 5. The van der Waals surface area contributed by atoms with E-state index >= 15 is 0 Å². The van der Waals surface area contributed by atoms with E-state index in [1.54, 1.807) is 42.4 Å². The fraction of sp³-hybridized carbons (Fsp3) is 0.368. The second kappa shape index (κ2) is 8.03. The van der Waals surface area contributed by atoms with Crippen molar-refractivity contribution in [3.05, 3.63) is 63.6 Å². The van der Waals surface area contributed by atoms with Crippen LogP contribution in [0.15, 0.2) is 41.0 Å². The van der Waals surface area contributed by atoms with Gasteiger partial charge in [-0.25, -0.2) is 0 Å². The summed E-state index contributed by atoms with van der Waals surface area (Å²) in [5, 5.41) is 13.9. The Hall–Kier alpha value is -3.16. The largest absolute Gasteiger partial charge is 0.467 e. The van der Waals surface area contributed by atoms with Crippen molar-refractivity contribution in [3.8, 4) is 0 Å². The molecule has 8 nitrogen and oxygen atoms in total. The van der Waals surface area contributed by atoms with Gasteiger partial charge in [0.15, 0.2) is 0 Å². The summed E-state index contributed by atoms with van der Waals surface area (Å²) < 4.78 is 5.19. The van der Waals surface area contributed by atoms with Gasteiger partial charge >= 0.3 is 0 Å². The van der Waals surface area contributed by atoms with Gasteiger partial charge in [0.1, 0.15) is 5.76 Å². The molecule has 3 rings (SSSR count). The summed E-state index contributed by atoms with van der Waals surface area (Å²) in [6, 6.07) is 8.07. The summed E-state index contributed by atoms with van der Waals surface area (Å²) in [6.45, 7) is 2.87. The number of carbonyl (C=O) groups excluding carboxylic acids is 2. The number of carbonyl (C=O) groups is 2. The number of benzene rings is 1. The van der Waals surface area contributed by atoms with Crippen molar-refractivity contribution < 1.29 is 18.9 Å². The third kappa shape index (κ3) is 4.33. The SMILES string of the molecule is Cc1ccc(C(=O)N2CCC(C(=O)NCc3ccco3)CC2)cc1[N+](=O)[O-]. The monoisotopic (exact) mass is 371 g/mol. The Morgan fingerprint density at radius 3 is 2.67 bits per heavy atom. The third-order valence-corrected chi connectivity index (χ3v) is 4.82. The van der Waals surface area contributed by atoms with E-state index in [0.717, 1.165) is 0 Å². The topological polar surface area (TPSA) is 106 Å². The zero-order valence-electron chi connectivity index (χ0n) is 15.0. The Bertz CT molecular complexity index is 839. The molecule has 0 aliphatic carbocycles. The number of furan rings is 1. The molecule has 0 unspecified atom stereocenters. The van der Waals surface area contributed by atoms with Crippen molar-refractivity contribution in [3.63, 3.8) is 0 Å². The van der Waals surface area contributed by atoms with Crippen molar-refractivity contribution >= 4 is 17.5 Å². The summed E-state index contributed by atoms with van der Waals surface area (Å²) in [5.74, 6) is 0.241. The highest BCUT2D eigenvalue weighted by molar-refractivity contribution is 5.95. The first-order valence-electron chi connectivity index (χ1n) is 8.80. The van der Waals surface area contributed by atoms with Crippen LogP contribution < -0.4 is 5.32 Å². The minimum atomic E-state index is -0.484. The quantitative estimate of drug-likeness (QED) is 0.642. The Morgan fingerprint density at radius 1 is 1.30 bits per heavy atom. The summed E-state index contributed by atoms with van der Waals surface area (Å²) in [4.78, 5) is 37.1. The summed E-state index contributed by atoms with van der Waals surface area (Å²) in [7, 11) is 0. The van der Waals surface area contributed by atoms with Crippen LogP contribution in [-0.2, 0) is 11.3 Å². The van der Waals surface area contributed by atoms with Crippen LogP contribution in [0.1, 0.15) is 34.5 Å². The molecule has 1 aliphatic heterocycles. The number of likely N-dealkylation sites (tertiary alicyclic amines) is 1. The maximum atomic E-state index is 12.6. The number of nitro groups is 1. The van der Waals surface area contributed by atoms with Gasteiger partial charge in [-0.15, -0.1) is 0 Å². The molecular weight excluding hydrogens is 350 g/mol. The molecule has 1 aliphatic rings. The van der Waals surface area contributed by atoms with Gasteiger partial charge in [0.2, 0.25) is 5.91 Å². The van der Waals surface area contributed by atoms with Crippen LogP contribution in [0.25, 0.3) is 0 Å². The van der Waals surface area contributed by atoms with Gasteiger partial charge in [0.05, 0.1) is 17.7 Å². The molecule has 1 aromatic carbocycles. The first-order valence-corrected chi connectivity index (χ1v) is 8.80. The summed E-state index contributed by atoms with van der Waals surface area (Å²) >= 11 is 0. The molecule has 0 radical (unpaired) electrons. The lowest BCUT2D eigenvalue weighted by Crippen LogP contribution is -2.42. The molecule has 2 heterocycles. The first-order chi connectivity index (χ1) is 13.0. The fourth-order valence-electron chi connectivity index (χ4n) is 3.20. The molecule has 2 aromatic rings. The molecule has 27 heavy (non-hydrogen) atoms. The molecule has 1 N–H and O–H groups in total. The smallest absolute Gasteiger partial charge is 0.273 e. The van der Waals surface area contributed by atoms with E-state index in [4.69, 9.17) is 4.42 Å². The van der Waals surface area contributed by atoms with Crippen LogP contribution in [-0.4, -0.2) is 34.7 Å². The molecule has 0 saturated carbocycles. The predicted molar refractivity (Wildman–Crippen MR) is 97.0 cm³/mol. The number of amides is 2. The van der Waals surface area contributed by atoms with Crippen molar-refractivity contribution in [2.75, 3.05) is 13.1 Å². The molecule has 2 amide bonds. The summed E-state index contributed by atoms with van der Waals surface area (Å²) in [5.41, 5.74) is 0.754. The maximum Gasteiger partial charge on any atom is 0.273 e. The van der Waals surface area contributed by atoms with Gasteiger partial charge in [-0.3, -0.25) is 19.7 Å². The Labute approximate surface area is 156 Å². The lowest BCUT2D eigenvalue weighted by molar-refractivity contribution is -0.385. The van der Waals surface area contributed by atoms with Crippen LogP contribution in [0.3, 0.4) is 0 Å². The van der Waals surface area contributed by atoms with E-state index in [1.807, 2.05) is 0 Å². The van der Waals surface area contributed by atoms with Crippen molar-refractivity contribution in [1.29, 1.82) is 0 Å². The van der Waals surface area contributed by atoms with Gasteiger partial charge in [-0.2, -0.15) is 0 Å². The van der Waals surface area contributed by atoms with Crippen molar-refractivity contribution in [1.82, 2.24) is 10.2 Å². The van der Waals surface area contributed by atoms with Gasteiger partial charge in [0.25, 0.3) is 11.6 Å². The average molecular weight is 371 g/mol. The van der Waals surface area contributed by atoms with Crippen LogP contribution in [0.2, 0.25) is 0 Å². The van der Waals surface area contributed by atoms with E-state index in [-0.39, 0.29) is 23.4 Å². The van der Waals surface area contributed by atoms with Crippen molar-refractivity contribution in [2.24, 2.45) is 5.92 Å². The normalized spacial score (nSPS) is 14.8. The fourth-order valence-corrected chi connectivity index (χ4v) is 3.20. The van der Waals surface area contributed by atoms with Crippen LogP contribution in [0.4, 0.5) is 5.69 Å². The molecule has 1 fully saturated rings. The highest BCUT2D eigenvalue weighted by Crippen LogP contribution is 2.23. The lowest BCUT2D eigenvalue weighted by Gasteiger charge is -2.31. The number of aryl methyl sites for hydroxylation is 1. The second-order valence-electron chi connectivity index (χ2n) is 6.62. The lowest BCUT2D eigenvalue weighted by atomic mass is 9.95. The molecular formula is C19H21N3O5. The van der Waals surface area contributed by atoms with E-state index < -0.39 is 4.92 Å². The van der Waals surface area contributed by atoms with E-state index in [0.29, 0.717) is 49.4 Å². The zero-order chi connectivity index (χ0) is 19.4. The molecule has 0 atom stereocenters. The molecule has 8 heteroatoms. The number of nitrogens with zero attached hydrogens (tertiary/aromatic N) is 2. The van der Waals surface area contributed by atoms with Crippen LogP contribution >= 0.6 is 0 Å². The first kappa shape index (κ1) is 18.6. The zero-order valence-corrected chi connectivity index (χ0v) is 15.0. The molecule has 1 aromatic heterocycles.